The molecular weight excluding hydrogens is 284 g/mol. The Hall–Kier alpha value is -0.120. The second-order valence-corrected chi connectivity index (χ2v) is 10.1. The van der Waals surface area contributed by atoms with Crippen LogP contribution in [0.4, 0.5) is 0 Å². The van der Waals surface area contributed by atoms with Crippen LogP contribution >= 0.6 is 0 Å². The van der Waals surface area contributed by atoms with Gasteiger partial charge in [0, 0.05) is 25.7 Å². The number of aliphatic hydroxyl groups excluding tert-OH is 1. The Morgan fingerprint density at radius 1 is 1.00 bits per heavy atom. The quantitative estimate of drug-likeness (QED) is 0.772. The molecule has 0 aromatic carbocycles. The van der Waals surface area contributed by atoms with Gasteiger partial charge in [0.15, 0.2) is 0 Å². The van der Waals surface area contributed by atoms with Crippen molar-refractivity contribution in [3.05, 3.63) is 0 Å². The highest BCUT2D eigenvalue weighted by Gasteiger charge is 2.33. The van der Waals surface area contributed by atoms with E-state index in [0.29, 0.717) is 16.9 Å². The first-order chi connectivity index (χ1) is 10.6. The standard InChI is InChI=1S/C20H40N2O/c1-19(2,3)15-22-14-18(23)13-17(22)9-8-10-20(4,5)16-21-11-6-7-12-21/h17-18,23H,6-16H2,1-5H3. The summed E-state index contributed by atoms with van der Waals surface area (Å²) in [6.45, 7) is 17.6. The Morgan fingerprint density at radius 3 is 2.26 bits per heavy atom. The zero-order chi connectivity index (χ0) is 17.1. The van der Waals surface area contributed by atoms with E-state index in [9.17, 15) is 5.11 Å². The molecule has 0 aromatic heterocycles. The largest absolute Gasteiger partial charge is 0.392 e. The molecule has 2 heterocycles. The maximum Gasteiger partial charge on any atom is 0.0682 e. The maximum atomic E-state index is 10.1. The van der Waals surface area contributed by atoms with E-state index in [1.165, 1.54) is 51.7 Å². The molecule has 0 spiro atoms. The van der Waals surface area contributed by atoms with Gasteiger partial charge in [-0.15, -0.1) is 0 Å². The Labute approximate surface area is 144 Å². The fraction of sp³-hybridized carbons (Fsp3) is 1.00. The van der Waals surface area contributed by atoms with Crippen molar-refractivity contribution >= 4 is 0 Å². The molecule has 2 rings (SSSR count). The third kappa shape index (κ3) is 6.72. The van der Waals surface area contributed by atoms with Crippen molar-refractivity contribution < 1.29 is 5.11 Å². The lowest BCUT2D eigenvalue weighted by atomic mass is 9.85. The second-order valence-electron chi connectivity index (χ2n) is 10.1. The molecule has 2 atom stereocenters. The van der Waals surface area contributed by atoms with Gasteiger partial charge in [0.25, 0.3) is 0 Å². The summed E-state index contributed by atoms with van der Waals surface area (Å²) in [5.41, 5.74) is 0.744. The molecule has 23 heavy (non-hydrogen) atoms. The highest BCUT2D eigenvalue weighted by molar-refractivity contribution is 4.88. The summed E-state index contributed by atoms with van der Waals surface area (Å²) < 4.78 is 0. The average molecular weight is 325 g/mol. The van der Waals surface area contributed by atoms with Crippen LogP contribution in [-0.4, -0.2) is 59.8 Å². The van der Waals surface area contributed by atoms with E-state index in [4.69, 9.17) is 0 Å². The van der Waals surface area contributed by atoms with Gasteiger partial charge >= 0.3 is 0 Å². The summed E-state index contributed by atoms with van der Waals surface area (Å²) in [4.78, 5) is 5.18. The normalized spacial score (nSPS) is 27.9. The Balaban J connectivity index is 1.74. The summed E-state index contributed by atoms with van der Waals surface area (Å²) in [5, 5.41) is 10.1. The number of β-amino-alcohol motifs (C(OH)–C–C–N with tert-alkyl or cyclic N) is 1. The Bertz CT molecular complexity index is 355. The lowest BCUT2D eigenvalue weighted by molar-refractivity contribution is 0.142. The topological polar surface area (TPSA) is 26.7 Å². The van der Waals surface area contributed by atoms with Crippen LogP contribution in [0.2, 0.25) is 0 Å². The van der Waals surface area contributed by atoms with Crippen molar-refractivity contribution in [3.63, 3.8) is 0 Å². The van der Waals surface area contributed by atoms with E-state index in [1.807, 2.05) is 0 Å². The molecule has 2 aliphatic heterocycles. The predicted octanol–water partition coefficient (Wildman–Crippen LogP) is 3.76. The van der Waals surface area contributed by atoms with Gasteiger partial charge in [-0.05, 0) is 56.0 Å². The molecule has 2 unspecified atom stereocenters. The highest BCUT2D eigenvalue weighted by atomic mass is 16.3. The molecule has 0 radical (unpaired) electrons. The van der Waals surface area contributed by atoms with Gasteiger partial charge in [-0.3, -0.25) is 4.90 Å². The number of rotatable bonds is 7. The molecule has 0 saturated carbocycles. The summed E-state index contributed by atoms with van der Waals surface area (Å²) in [7, 11) is 0. The monoisotopic (exact) mass is 324 g/mol. The molecule has 0 bridgehead atoms. The van der Waals surface area contributed by atoms with Gasteiger partial charge < -0.3 is 10.0 Å². The fourth-order valence-electron chi connectivity index (χ4n) is 4.50. The van der Waals surface area contributed by atoms with E-state index >= 15 is 0 Å². The number of hydrogen-bond acceptors (Lipinski definition) is 3. The summed E-state index contributed by atoms with van der Waals surface area (Å²) in [5.74, 6) is 0. The van der Waals surface area contributed by atoms with Crippen LogP contribution in [0.1, 0.15) is 73.1 Å². The Morgan fingerprint density at radius 2 is 1.65 bits per heavy atom. The third-order valence-corrected chi connectivity index (χ3v) is 5.42. The van der Waals surface area contributed by atoms with Crippen LogP contribution in [0, 0.1) is 10.8 Å². The first-order valence-corrected chi connectivity index (χ1v) is 9.79. The summed E-state index contributed by atoms with van der Waals surface area (Å²) >= 11 is 0. The van der Waals surface area contributed by atoms with E-state index < -0.39 is 0 Å². The lowest BCUT2D eigenvalue weighted by Crippen LogP contribution is -2.37. The van der Waals surface area contributed by atoms with Gasteiger partial charge in [-0.25, -0.2) is 0 Å². The van der Waals surface area contributed by atoms with Crippen LogP contribution in [0.25, 0.3) is 0 Å². The van der Waals surface area contributed by atoms with Crippen molar-refractivity contribution in [2.45, 2.75) is 85.3 Å². The van der Waals surface area contributed by atoms with Gasteiger partial charge in [0.1, 0.15) is 0 Å². The van der Waals surface area contributed by atoms with Crippen LogP contribution < -0.4 is 0 Å². The zero-order valence-electron chi connectivity index (χ0n) is 16.3. The molecule has 2 aliphatic rings. The summed E-state index contributed by atoms with van der Waals surface area (Å²) in [6, 6.07) is 0.590. The van der Waals surface area contributed by atoms with Crippen LogP contribution in [0.5, 0.6) is 0 Å². The zero-order valence-corrected chi connectivity index (χ0v) is 16.3. The highest BCUT2D eigenvalue weighted by Crippen LogP contribution is 2.31. The molecule has 2 saturated heterocycles. The number of aliphatic hydroxyl groups is 1. The molecule has 3 nitrogen and oxygen atoms in total. The van der Waals surface area contributed by atoms with Gasteiger partial charge in [-0.2, -0.15) is 0 Å². The molecule has 3 heteroatoms. The fourth-order valence-corrected chi connectivity index (χ4v) is 4.50. The molecule has 0 aromatic rings. The van der Waals surface area contributed by atoms with Crippen molar-refractivity contribution in [2.75, 3.05) is 32.7 Å². The van der Waals surface area contributed by atoms with Crippen molar-refractivity contribution in [1.29, 1.82) is 0 Å². The molecule has 136 valence electrons. The number of likely N-dealkylation sites (tertiary alicyclic amines) is 2. The molecule has 2 fully saturated rings. The molecule has 1 N–H and O–H groups in total. The minimum absolute atomic E-state index is 0.111. The van der Waals surface area contributed by atoms with Gasteiger partial charge in [0.2, 0.25) is 0 Å². The van der Waals surface area contributed by atoms with Crippen molar-refractivity contribution in [3.8, 4) is 0 Å². The molecule has 0 aliphatic carbocycles. The predicted molar refractivity (Wildman–Crippen MR) is 98.7 cm³/mol. The van der Waals surface area contributed by atoms with Crippen LogP contribution in [0.15, 0.2) is 0 Å². The summed E-state index contributed by atoms with van der Waals surface area (Å²) in [6.07, 6.45) is 7.48. The minimum atomic E-state index is -0.111. The van der Waals surface area contributed by atoms with Crippen LogP contribution in [0.3, 0.4) is 0 Å². The van der Waals surface area contributed by atoms with E-state index in [2.05, 4.69) is 44.4 Å². The first kappa shape index (κ1) is 19.2. The van der Waals surface area contributed by atoms with E-state index in [1.54, 1.807) is 0 Å². The van der Waals surface area contributed by atoms with Crippen molar-refractivity contribution in [1.82, 2.24) is 9.80 Å². The average Bonchev–Trinajstić information content (AvgIpc) is 2.97. The smallest absolute Gasteiger partial charge is 0.0682 e. The van der Waals surface area contributed by atoms with E-state index in [-0.39, 0.29) is 6.10 Å². The Kier molecular flexibility index (Phi) is 6.55. The van der Waals surface area contributed by atoms with Gasteiger partial charge in [0.05, 0.1) is 6.10 Å². The first-order valence-electron chi connectivity index (χ1n) is 9.79. The molecule has 0 amide bonds. The second kappa shape index (κ2) is 7.84. The third-order valence-electron chi connectivity index (χ3n) is 5.42. The maximum absolute atomic E-state index is 10.1. The number of hydrogen-bond donors (Lipinski definition) is 1. The van der Waals surface area contributed by atoms with Crippen LogP contribution in [-0.2, 0) is 0 Å². The van der Waals surface area contributed by atoms with E-state index in [0.717, 1.165) is 19.5 Å². The molecular formula is C20H40N2O. The minimum Gasteiger partial charge on any atom is -0.392 e. The lowest BCUT2D eigenvalue weighted by Gasteiger charge is -2.33. The van der Waals surface area contributed by atoms with Crippen molar-refractivity contribution in [2.24, 2.45) is 10.8 Å². The number of nitrogens with zero attached hydrogens (tertiary/aromatic N) is 2. The van der Waals surface area contributed by atoms with Gasteiger partial charge in [-0.1, -0.05) is 41.0 Å². The SMILES string of the molecule is CC(C)(C)CN1CC(O)CC1CCCC(C)(C)CN1CCCC1.